The van der Waals surface area contributed by atoms with E-state index in [0.717, 1.165) is 18.8 Å². The fourth-order valence-corrected chi connectivity index (χ4v) is 1.92. The van der Waals surface area contributed by atoms with Gasteiger partial charge in [0.25, 0.3) is 0 Å². The van der Waals surface area contributed by atoms with Crippen LogP contribution in [0.15, 0.2) is 24.3 Å². The van der Waals surface area contributed by atoms with Crippen molar-refractivity contribution >= 4 is 28.7 Å². The van der Waals surface area contributed by atoms with Crippen molar-refractivity contribution < 1.29 is 0 Å². The molecule has 0 unspecified atom stereocenters. The summed E-state index contributed by atoms with van der Waals surface area (Å²) < 4.78 is 0. The van der Waals surface area contributed by atoms with E-state index in [4.69, 9.17) is 18.0 Å². The lowest BCUT2D eigenvalue weighted by molar-refractivity contribution is 0.835. The number of thiocarbonyl (C=S) groups is 1. The quantitative estimate of drug-likeness (QED) is 0.648. The summed E-state index contributed by atoms with van der Waals surface area (Å²) in [5.41, 5.74) is 7.96. The second-order valence-corrected chi connectivity index (χ2v) is 3.82. The molecule has 74 valence electrons. The molecule has 14 heavy (non-hydrogen) atoms. The Morgan fingerprint density at radius 3 is 2.57 bits per heavy atom. The van der Waals surface area contributed by atoms with Gasteiger partial charge in [-0.2, -0.15) is 0 Å². The van der Waals surface area contributed by atoms with Gasteiger partial charge in [0, 0.05) is 20.1 Å². The third-order valence-electron chi connectivity index (χ3n) is 2.51. The summed E-state index contributed by atoms with van der Waals surface area (Å²) in [6, 6.07) is 8.16. The summed E-state index contributed by atoms with van der Waals surface area (Å²) in [5.74, 6) is 0. The number of para-hydroxylation sites is 2. The van der Waals surface area contributed by atoms with Gasteiger partial charge in [-0.1, -0.05) is 12.1 Å². The first-order valence-corrected chi connectivity index (χ1v) is 4.98. The van der Waals surface area contributed by atoms with Crippen LogP contribution in [0.4, 0.5) is 11.4 Å². The van der Waals surface area contributed by atoms with Crippen LogP contribution in [0, 0.1) is 0 Å². The van der Waals surface area contributed by atoms with Gasteiger partial charge in [0.2, 0.25) is 0 Å². The fraction of sp³-hybridized carbons (Fsp3) is 0.300. The number of anilines is 2. The Morgan fingerprint density at radius 1 is 1.29 bits per heavy atom. The van der Waals surface area contributed by atoms with Gasteiger partial charge in [-0.05, 0) is 24.4 Å². The molecule has 0 spiro atoms. The molecule has 4 heteroatoms. The molecule has 0 aromatic heterocycles. The third-order valence-corrected chi connectivity index (χ3v) is 2.73. The number of nitrogens with two attached hydrogens (primary N) is 1. The monoisotopic (exact) mass is 207 g/mol. The minimum atomic E-state index is 0.450. The molecule has 2 rings (SSSR count). The maximum atomic E-state index is 5.67. The Balaban J connectivity index is 2.46. The Hall–Kier alpha value is -1.29. The minimum absolute atomic E-state index is 0.450. The van der Waals surface area contributed by atoms with E-state index in [1.165, 1.54) is 5.69 Å². The average molecular weight is 207 g/mol. The maximum absolute atomic E-state index is 5.67. The van der Waals surface area contributed by atoms with Crippen LogP contribution in [-0.2, 0) is 0 Å². The molecule has 3 nitrogen and oxygen atoms in total. The highest BCUT2D eigenvalue weighted by Gasteiger charge is 2.20. The molecule has 1 aliphatic rings. The van der Waals surface area contributed by atoms with Gasteiger partial charge in [0.15, 0.2) is 5.11 Å². The van der Waals surface area contributed by atoms with E-state index in [2.05, 4.69) is 18.0 Å². The van der Waals surface area contributed by atoms with Gasteiger partial charge in [0.1, 0.15) is 0 Å². The Labute approximate surface area is 89.1 Å². The minimum Gasteiger partial charge on any atom is -0.376 e. The lowest BCUT2D eigenvalue weighted by Gasteiger charge is -2.35. The summed E-state index contributed by atoms with van der Waals surface area (Å²) in [4.78, 5) is 4.19. The van der Waals surface area contributed by atoms with Crippen molar-refractivity contribution in [2.45, 2.75) is 0 Å². The van der Waals surface area contributed by atoms with Crippen molar-refractivity contribution in [3.8, 4) is 0 Å². The molecular weight excluding hydrogens is 194 g/mol. The van der Waals surface area contributed by atoms with Crippen LogP contribution in [0.3, 0.4) is 0 Å². The SMILES string of the molecule is CN1CCN(C(N)=S)c2ccccc21. The highest BCUT2D eigenvalue weighted by Crippen LogP contribution is 2.31. The molecular formula is C10H13N3S. The van der Waals surface area contributed by atoms with Crippen molar-refractivity contribution in [3.05, 3.63) is 24.3 Å². The maximum Gasteiger partial charge on any atom is 0.170 e. The third kappa shape index (κ3) is 1.42. The normalized spacial score (nSPS) is 15.2. The van der Waals surface area contributed by atoms with Crippen LogP contribution in [0.2, 0.25) is 0 Å². The fourth-order valence-electron chi connectivity index (χ4n) is 1.74. The standard InChI is InChI=1S/C10H13N3S/c1-12-6-7-13(10(11)14)9-5-3-2-4-8(9)12/h2-5H,6-7H2,1H3,(H2,11,14). The van der Waals surface area contributed by atoms with Crippen LogP contribution in [0.1, 0.15) is 0 Å². The average Bonchev–Trinajstić information content (AvgIpc) is 2.18. The molecule has 1 aliphatic heterocycles. The summed E-state index contributed by atoms with van der Waals surface area (Å²) >= 11 is 5.02. The highest BCUT2D eigenvalue weighted by atomic mass is 32.1. The molecule has 0 fully saturated rings. The van der Waals surface area contributed by atoms with Gasteiger partial charge in [-0.3, -0.25) is 0 Å². The number of nitrogens with zero attached hydrogens (tertiary/aromatic N) is 2. The van der Waals surface area contributed by atoms with Crippen LogP contribution in [-0.4, -0.2) is 25.2 Å². The van der Waals surface area contributed by atoms with Gasteiger partial charge >= 0.3 is 0 Å². The number of hydrogen-bond donors (Lipinski definition) is 1. The predicted molar refractivity (Wildman–Crippen MR) is 63.8 cm³/mol. The molecule has 1 aromatic rings. The van der Waals surface area contributed by atoms with Gasteiger partial charge in [0.05, 0.1) is 11.4 Å². The van der Waals surface area contributed by atoms with E-state index < -0.39 is 0 Å². The van der Waals surface area contributed by atoms with E-state index in [1.54, 1.807) is 0 Å². The number of likely N-dealkylation sites (N-methyl/N-ethyl adjacent to an activating group) is 1. The Morgan fingerprint density at radius 2 is 1.93 bits per heavy atom. The lowest BCUT2D eigenvalue weighted by Crippen LogP contribution is -2.44. The van der Waals surface area contributed by atoms with Crippen LogP contribution in [0.5, 0.6) is 0 Å². The van der Waals surface area contributed by atoms with E-state index in [1.807, 2.05) is 23.1 Å². The van der Waals surface area contributed by atoms with Crippen molar-refractivity contribution in [2.24, 2.45) is 5.73 Å². The predicted octanol–water partition coefficient (Wildman–Crippen LogP) is 1.19. The molecule has 0 radical (unpaired) electrons. The van der Waals surface area contributed by atoms with Crippen molar-refractivity contribution in [3.63, 3.8) is 0 Å². The van der Waals surface area contributed by atoms with E-state index in [9.17, 15) is 0 Å². The van der Waals surface area contributed by atoms with Crippen molar-refractivity contribution in [2.75, 3.05) is 29.9 Å². The topological polar surface area (TPSA) is 32.5 Å². The summed E-state index contributed by atoms with van der Waals surface area (Å²) in [7, 11) is 2.08. The zero-order valence-electron chi connectivity index (χ0n) is 8.10. The number of fused-ring (bicyclic) bond motifs is 1. The smallest absolute Gasteiger partial charge is 0.170 e. The Kier molecular flexibility index (Phi) is 2.29. The van der Waals surface area contributed by atoms with Crippen LogP contribution < -0.4 is 15.5 Å². The first kappa shape index (κ1) is 9.27. The first-order chi connectivity index (χ1) is 6.70. The molecule has 0 aliphatic carbocycles. The molecule has 0 bridgehead atoms. The number of rotatable bonds is 0. The molecule has 0 saturated heterocycles. The molecule has 1 heterocycles. The molecule has 0 atom stereocenters. The second-order valence-electron chi connectivity index (χ2n) is 3.40. The summed E-state index contributed by atoms with van der Waals surface area (Å²) in [6.07, 6.45) is 0. The number of benzene rings is 1. The van der Waals surface area contributed by atoms with Gasteiger partial charge in [-0.25, -0.2) is 0 Å². The van der Waals surface area contributed by atoms with Crippen LogP contribution >= 0.6 is 12.2 Å². The second kappa shape index (κ2) is 3.46. The van der Waals surface area contributed by atoms with E-state index in [-0.39, 0.29) is 0 Å². The first-order valence-electron chi connectivity index (χ1n) is 4.57. The van der Waals surface area contributed by atoms with Crippen LogP contribution in [0.25, 0.3) is 0 Å². The molecule has 0 amide bonds. The van der Waals surface area contributed by atoms with Gasteiger partial charge < -0.3 is 15.5 Å². The van der Waals surface area contributed by atoms with Gasteiger partial charge in [-0.15, -0.1) is 0 Å². The van der Waals surface area contributed by atoms with E-state index in [0.29, 0.717) is 5.11 Å². The molecule has 1 aromatic carbocycles. The lowest BCUT2D eigenvalue weighted by atomic mass is 10.2. The van der Waals surface area contributed by atoms with Crippen molar-refractivity contribution in [1.29, 1.82) is 0 Å². The summed E-state index contributed by atoms with van der Waals surface area (Å²) in [5, 5.41) is 0.450. The van der Waals surface area contributed by atoms with Crippen molar-refractivity contribution in [1.82, 2.24) is 0 Å². The highest BCUT2D eigenvalue weighted by molar-refractivity contribution is 7.80. The number of hydrogen-bond acceptors (Lipinski definition) is 2. The van der Waals surface area contributed by atoms with E-state index >= 15 is 0 Å². The molecule has 0 saturated carbocycles. The largest absolute Gasteiger partial charge is 0.376 e. The Bertz CT molecular complexity index is 364. The zero-order chi connectivity index (χ0) is 10.1. The summed E-state index contributed by atoms with van der Waals surface area (Å²) in [6.45, 7) is 1.82. The molecule has 2 N–H and O–H groups in total. The zero-order valence-corrected chi connectivity index (χ0v) is 8.92.